The molecule has 0 aliphatic heterocycles. The standard InChI is InChI=1S/C24H24N6O3/c25-13-1-4-22(19(28)7-13)31-16-10-17(32-23-5-2-14(26)8-20(23)29)12-18(11-16)33-24-6-3-15(27)9-21(24)30/h1-12H,25-30H2. The van der Waals surface area contributed by atoms with Crippen molar-refractivity contribution in [3.8, 4) is 34.5 Å². The second kappa shape index (κ2) is 8.67. The molecular formula is C24H24N6O3. The van der Waals surface area contributed by atoms with Crippen LogP contribution in [-0.2, 0) is 0 Å². The first-order valence-electron chi connectivity index (χ1n) is 9.90. The molecule has 0 saturated carbocycles. The lowest BCUT2D eigenvalue weighted by molar-refractivity contribution is 0.442. The smallest absolute Gasteiger partial charge is 0.150 e. The maximum absolute atomic E-state index is 6.04. The van der Waals surface area contributed by atoms with Gasteiger partial charge in [-0.2, -0.15) is 0 Å². The Kier molecular flexibility index (Phi) is 5.60. The number of hydrogen-bond donors (Lipinski definition) is 6. The molecule has 0 amide bonds. The molecule has 33 heavy (non-hydrogen) atoms. The molecule has 168 valence electrons. The van der Waals surface area contributed by atoms with Gasteiger partial charge in [0.05, 0.1) is 17.1 Å². The average molecular weight is 444 g/mol. The summed E-state index contributed by atoms with van der Waals surface area (Å²) in [6.07, 6.45) is 0. The van der Waals surface area contributed by atoms with E-state index >= 15 is 0 Å². The molecule has 4 rings (SSSR count). The molecule has 0 fully saturated rings. The molecule has 0 radical (unpaired) electrons. The minimum Gasteiger partial charge on any atom is -0.455 e. The summed E-state index contributed by atoms with van der Waals surface area (Å²) in [5, 5.41) is 0. The van der Waals surface area contributed by atoms with Crippen LogP contribution in [0.5, 0.6) is 34.5 Å². The zero-order valence-electron chi connectivity index (χ0n) is 17.6. The summed E-state index contributed by atoms with van der Waals surface area (Å²) in [6.45, 7) is 0. The van der Waals surface area contributed by atoms with E-state index in [1.807, 2.05) is 0 Å². The van der Waals surface area contributed by atoms with Gasteiger partial charge < -0.3 is 48.6 Å². The first-order valence-corrected chi connectivity index (χ1v) is 9.90. The van der Waals surface area contributed by atoms with Gasteiger partial charge in [0.15, 0.2) is 0 Å². The first kappa shape index (κ1) is 21.3. The molecule has 0 aromatic heterocycles. The normalized spacial score (nSPS) is 10.5. The number of ether oxygens (including phenoxy) is 3. The lowest BCUT2D eigenvalue weighted by atomic mass is 10.2. The molecule has 12 N–H and O–H groups in total. The van der Waals surface area contributed by atoms with Gasteiger partial charge in [-0.05, 0) is 54.6 Å². The third-order valence-corrected chi connectivity index (χ3v) is 4.64. The Hall–Kier alpha value is -4.92. The molecule has 0 saturated heterocycles. The van der Waals surface area contributed by atoms with Gasteiger partial charge in [-0.3, -0.25) is 0 Å². The van der Waals surface area contributed by atoms with Gasteiger partial charge in [-0.15, -0.1) is 0 Å². The van der Waals surface area contributed by atoms with Crippen LogP contribution in [0.2, 0.25) is 0 Å². The lowest BCUT2D eigenvalue weighted by Gasteiger charge is -2.15. The van der Waals surface area contributed by atoms with Gasteiger partial charge in [0.1, 0.15) is 34.5 Å². The Morgan fingerprint density at radius 1 is 0.364 bits per heavy atom. The van der Waals surface area contributed by atoms with E-state index in [0.29, 0.717) is 68.6 Å². The predicted molar refractivity (Wildman–Crippen MR) is 132 cm³/mol. The van der Waals surface area contributed by atoms with Crippen LogP contribution < -0.4 is 48.6 Å². The van der Waals surface area contributed by atoms with E-state index in [9.17, 15) is 0 Å². The SMILES string of the molecule is Nc1ccc(Oc2cc(Oc3ccc(N)cc3N)cc(Oc3ccc(N)cc3N)c2)c(N)c1. The Balaban J connectivity index is 1.71. The van der Waals surface area contributed by atoms with Crippen LogP contribution in [0.1, 0.15) is 0 Å². The Morgan fingerprint density at radius 2 is 0.636 bits per heavy atom. The van der Waals surface area contributed by atoms with Crippen molar-refractivity contribution < 1.29 is 14.2 Å². The van der Waals surface area contributed by atoms with Crippen molar-refractivity contribution in [1.29, 1.82) is 0 Å². The molecule has 0 aliphatic carbocycles. The van der Waals surface area contributed by atoms with Crippen LogP contribution in [0.25, 0.3) is 0 Å². The predicted octanol–water partition coefficient (Wildman–Crippen LogP) is 4.56. The van der Waals surface area contributed by atoms with Gasteiger partial charge in [0.25, 0.3) is 0 Å². The maximum atomic E-state index is 6.04. The monoisotopic (exact) mass is 444 g/mol. The number of anilines is 6. The molecule has 0 aliphatic rings. The van der Waals surface area contributed by atoms with E-state index in [4.69, 9.17) is 48.6 Å². The molecule has 0 atom stereocenters. The highest BCUT2D eigenvalue weighted by Gasteiger charge is 2.12. The van der Waals surface area contributed by atoms with E-state index in [1.165, 1.54) is 0 Å². The number of rotatable bonds is 6. The Bertz CT molecular complexity index is 1150. The van der Waals surface area contributed by atoms with Crippen molar-refractivity contribution in [3.63, 3.8) is 0 Å². The van der Waals surface area contributed by atoms with Gasteiger partial charge in [0, 0.05) is 35.3 Å². The van der Waals surface area contributed by atoms with Crippen molar-refractivity contribution in [2.45, 2.75) is 0 Å². The summed E-state index contributed by atoms with van der Waals surface area (Å²) in [6, 6.07) is 19.9. The van der Waals surface area contributed by atoms with Crippen LogP contribution in [-0.4, -0.2) is 0 Å². The van der Waals surface area contributed by atoms with Gasteiger partial charge >= 0.3 is 0 Å². The summed E-state index contributed by atoms with van der Waals surface area (Å²) in [7, 11) is 0. The van der Waals surface area contributed by atoms with Crippen LogP contribution in [0, 0.1) is 0 Å². The molecule has 0 heterocycles. The highest BCUT2D eigenvalue weighted by atomic mass is 16.5. The van der Waals surface area contributed by atoms with E-state index < -0.39 is 0 Å². The van der Waals surface area contributed by atoms with Crippen molar-refractivity contribution in [1.82, 2.24) is 0 Å². The highest BCUT2D eigenvalue weighted by Crippen LogP contribution is 2.39. The second-order valence-corrected chi connectivity index (χ2v) is 7.34. The fraction of sp³-hybridized carbons (Fsp3) is 0. The highest BCUT2D eigenvalue weighted by molar-refractivity contribution is 5.64. The summed E-state index contributed by atoms with van der Waals surface area (Å²) >= 11 is 0. The molecule has 9 heteroatoms. The van der Waals surface area contributed by atoms with Gasteiger partial charge in [-0.25, -0.2) is 0 Å². The quantitative estimate of drug-likeness (QED) is 0.232. The molecule has 0 unspecified atom stereocenters. The number of nitrogen functional groups attached to an aromatic ring is 6. The average Bonchev–Trinajstić information content (AvgIpc) is 2.74. The van der Waals surface area contributed by atoms with E-state index in [0.717, 1.165) is 0 Å². The zero-order valence-corrected chi connectivity index (χ0v) is 17.6. The zero-order chi connectivity index (χ0) is 23.5. The third-order valence-electron chi connectivity index (χ3n) is 4.64. The second-order valence-electron chi connectivity index (χ2n) is 7.34. The van der Waals surface area contributed by atoms with E-state index in [-0.39, 0.29) is 0 Å². The number of hydrogen-bond acceptors (Lipinski definition) is 9. The fourth-order valence-electron chi connectivity index (χ4n) is 3.08. The summed E-state index contributed by atoms with van der Waals surface area (Å²) in [5.74, 6) is 2.48. The van der Waals surface area contributed by atoms with Crippen molar-refractivity contribution in [2.24, 2.45) is 0 Å². The Labute approximate surface area is 190 Å². The number of nitrogens with two attached hydrogens (primary N) is 6. The third kappa shape index (κ3) is 5.05. The first-order chi connectivity index (χ1) is 15.8. The van der Waals surface area contributed by atoms with Crippen LogP contribution in [0.15, 0.2) is 72.8 Å². The van der Waals surface area contributed by atoms with Crippen LogP contribution in [0.4, 0.5) is 34.1 Å². The molecule has 0 spiro atoms. The minimum atomic E-state index is 0.384. The van der Waals surface area contributed by atoms with Crippen LogP contribution in [0.3, 0.4) is 0 Å². The summed E-state index contributed by atoms with van der Waals surface area (Å²) in [5.41, 5.74) is 38.2. The van der Waals surface area contributed by atoms with Crippen LogP contribution >= 0.6 is 0 Å². The lowest BCUT2D eigenvalue weighted by Crippen LogP contribution is -1.97. The minimum absolute atomic E-state index is 0.384. The fourth-order valence-corrected chi connectivity index (χ4v) is 3.08. The maximum Gasteiger partial charge on any atom is 0.150 e. The molecular weight excluding hydrogens is 420 g/mol. The largest absolute Gasteiger partial charge is 0.455 e. The van der Waals surface area contributed by atoms with E-state index in [1.54, 1.807) is 72.8 Å². The van der Waals surface area contributed by atoms with E-state index in [2.05, 4.69) is 0 Å². The molecule has 0 bridgehead atoms. The topological polar surface area (TPSA) is 184 Å². The van der Waals surface area contributed by atoms with Gasteiger partial charge in [0.2, 0.25) is 0 Å². The summed E-state index contributed by atoms with van der Waals surface area (Å²) in [4.78, 5) is 0. The Morgan fingerprint density at radius 3 is 0.879 bits per heavy atom. The molecule has 4 aromatic rings. The van der Waals surface area contributed by atoms with Crippen molar-refractivity contribution in [2.75, 3.05) is 34.4 Å². The molecule has 4 aromatic carbocycles. The van der Waals surface area contributed by atoms with Crippen molar-refractivity contribution in [3.05, 3.63) is 72.8 Å². The summed E-state index contributed by atoms with van der Waals surface area (Å²) < 4.78 is 17.9. The van der Waals surface area contributed by atoms with Crippen molar-refractivity contribution >= 4 is 34.1 Å². The van der Waals surface area contributed by atoms with Gasteiger partial charge in [-0.1, -0.05) is 0 Å². The number of benzene rings is 4. The molecule has 9 nitrogen and oxygen atoms in total.